The number of carbonyl (C=O) groups excluding carboxylic acids is 1. The smallest absolute Gasteiger partial charge is 0.317 e. The van der Waals surface area contributed by atoms with E-state index in [1.807, 2.05) is 0 Å². The molecule has 7 heteroatoms. The van der Waals surface area contributed by atoms with E-state index in [4.69, 9.17) is 9.84 Å². The fraction of sp³-hybridized carbons (Fsp3) is 0.857. The van der Waals surface area contributed by atoms with Gasteiger partial charge in [-0.05, 0) is 25.4 Å². The maximum Gasteiger partial charge on any atom is 0.317 e. The van der Waals surface area contributed by atoms with Gasteiger partial charge in [0.2, 0.25) is 0 Å². The second kappa shape index (κ2) is 7.09. The normalized spacial score (nSPS) is 29.5. The maximum atomic E-state index is 12.2. The molecule has 120 valence electrons. The molecule has 0 saturated carbocycles. The van der Waals surface area contributed by atoms with E-state index in [0.717, 1.165) is 26.1 Å². The van der Waals surface area contributed by atoms with Crippen molar-refractivity contribution in [1.82, 2.24) is 15.1 Å². The second-order valence-corrected chi connectivity index (χ2v) is 5.89. The van der Waals surface area contributed by atoms with Crippen LogP contribution in [0.3, 0.4) is 0 Å². The van der Waals surface area contributed by atoms with E-state index in [-0.39, 0.29) is 19.2 Å². The van der Waals surface area contributed by atoms with Gasteiger partial charge in [0.25, 0.3) is 0 Å². The Balaban J connectivity index is 1.79. The van der Waals surface area contributed by atoms with E-state index in [2.05, 4.69) is 17.1 Å². The summed E-state index contributed by atoms with van der Waals surface area (Å²) in [6, 6.07) is -0.607. The fourth-order valence-electron chi connectivity index (χ4n) is 3.03. The average Bonchev–Trinajstić information content (AvgIpc) is 3.12. The lowest BCUT2D eigenvalue weighted by Crippen LogP contribution is -2.49. The van der Waals surface area contributed by atoms with Gasteiger partial charge in [-0.2, -0.15) is 0 Å². The van der Waals surface area contributed by atoms with Gasteiger partial charge in [0, 0.05) is 20.1 Å². The second-order valence-electron chi connectivity index (χ2n) is 5.89. The summed E-state index contributed by atoms with van der Waals surface area (Å²) in [5.74, 6) is -1.06. The van der Waals surface area contributed by atoms with Crippen LogP contribution in [0.25, 0.3) is 0 Å². The summed E-state index contributed by atoms with van der Waals surface area (Å²) >= 11 is 0. The Morgan fingerprint density at radius 2 is 2.19 bits per heavy atom. The Morgan fingerprint density at radius 1 is 1.43 bits per heavy atom. The molecule has 2 fully saturated rings. The highest BCUT2D eigenvalue weighted by Gasteiger charge is 2.38. The first-order valence-corrected chi connectivity index (χ1v) is 7.56. The van der Waals surface area contributed by atoms with Crippen LogP contribution < -0.4 is 5.32 Å². The summed E-state index contributed by atoms with van der Waals surface area (Å²) in [7, 11) is 1.64. The molecule has 3 unspecified atom stereocenters. The summed E-state index contributed by atoms with van der Waals surface area (Å²) in [6.07, 6.45) is 1.10. The van der Waals surface area contributed by atoms with Gasteiger partial charge in [-0.1, -0.05) is 6.92 Å². The number of ether oxygens (including phenoxy) is 1. The molecule has 7 nitrogen and oxygen atoms in total. The van der Waals surface area contributed by atoms with Crippen LogP contribution in [0.1, 0.15) is 13.3 Å². The van der Waals surface area contributed by atoms with Crippen LogP contribution >= 0.6 is 0 Å². The van der Waals surface area contributed by atoms with Crippen molar-refractivity contribution in [2.75, 3.05) is 46.4 Å². The molecule has 0 aliphatic carbocycles. The number of nitrogens with one attached hydrogen (secondary N) is 1. The average molecular weight is 299 g/mol. The molecule has 0 spiro atoms. The zero-order valence-electron chi connectivity index (χ0n) is 12.7. The zero-order valence-corrected chi connectivity index (χ0v) is 12.7. The van der Waals surface area contributed by atoms with Crippen molar-refractivity contribution in [2.24, 2.45) is 11.8 Å². The Hall–Kier alpha value is -1.34. The van der Waals surface area contributed by atoms with Gasteiger partial charge in [-0.15, -0.1) is 0 Å². The summed E-state index contributed by atoms with van der Waals surface area (Å²) in [6.45, 7) is 6.39. The SMILES string of the molecule is CCN1CCC(CNC(=O)N(C)C2COCC2C(=O)O)C1. The first kappa shape index (κ1) is 16.0. The molecule has 2 aliphatic rings. The van der Waals surface area contributed by atoms with E-state index in [1.165, 1.54) is 4.90 Å². The third-order valence-corrected chi connectivity index (χ3v) is 4.54. The molecule has 3 atom stereocenters. The van der Waals surface area contributed by atoms with E-state index in [9.17, 15) is 9.59 Å². The van der Waals surface area contributed by atoms with Crippen molar-refractivity contribution in [2.45, 2.75) is 19.4 Å². The van der Waals surface area contributed by atoms with Gasteiger partial charge in [-0.25, -0.2) is 4.79 Å². The Labute approximate surface area is 125 Å². The summed E-state index contributed by atoms with van der Waals surface area (Å²) < 4.78 is 5.20. The van der Waals surface area contributed by atoms with Crippen LogP contribution in [0.15, 0.2) is 0 Å². The minimum absolute atomic E-state index is 0.172. The number of carbonyl (C=O) groups is 2. The lowest BCUT2D eigenvalue weighted by atomic mass is 10.0. The van der Waals surface area contributed by atoms with Gasteiger partial charge >= 0.3 is 12.0 Å². The van der Waals surface area contributed by atoms with Crippen LogP contribution in [-0.4, -0.2) is 79.4 Å². The van der Waals surface area contributed by atoms with E-state index >= 15 is 0 Å². The predicted molar refractivity (Wildman–Crippen MR) is 77.1 cm³/mol. The number of urea groups is 1. The van der Waals surface area contributed by atoms with Crippen LogP contribution in [0, 0.1) is 11.8 Å². The largest absolute Gasteiger partial charge is 0.481 e. The number of hydrogen-bond acceptors (Lipinski definition) is 4. The van der Waals surface area contributed by atoms with Crippen LogP contribution in [-0.2, 0) is 9.53 Å². The van der Waals surface area contributed by atoms with Gasteiger partial charge in [0.05, 0.1) is 19.3 Å². The van der Waals surface area contributed by atoms with Crippen molar-refractivity contribution in [3.8, 4) is 0 Å². The molecule has 2 heterocycles. The summed E-state index contributed by atoms with van der Waals surface area (Å²) in [5, 5.41) is 12.0. The van der Waals surface area contributed by atoms with Crippen LogP contribution in [0.5, 0.6) is 0 Å². The predicted octanol–water partition coefficient (Wildman–Crippen LogP) is 0.0692. The molecular weight excluding hydrogens is 274 g/mol. The quantitative estimate of drug-likeness (QED) is 0.751. The molecule has 21 heavy (non-hydrogen) atoms. The minimum atomic E-state index is -0.911. The van der Waals surface area contributed by atoms with Gasteiger partial charge in [-0.3, -0.25) is 4.79 Å². The van der Waals surface area contributed by atoms with Crippen molar-refractivity contribution in [1.29, 1.82) is 0 Å². The number of amides is 2. The van der Waals surface area contributed by atoms with Crippen molar-refractivity contribution >= 4 is 12.0 Å². The van der Waals surface area contributed by atoms with Gasteiger partial charge in [0.1, 0.15) is 5.92 Å². The Kier molecular flexibility index (Phi) is 5.41. The Morgan fingerprint density at radius 3 is 2.81 bits per heavy atom. The highest BCUT2D eigenvalue weighted by atomic mass is 16.5. The number of aliphatic carboxylic acids is 1. The zero-order chi connectivity index (χ0) is 15.4. The molecular formula is C14H25N3O4. The number of nitrogens with zero attached hydrogens (tertiary/aromatic N) is 2. The highest BCUT2D eigenvalue weighted by Crippen LogP contribution is 2.19. The first-order chi connectivity index (χ1) is 10.0. The molecule has 0 aromatic carbocycles. The standard InChI is InChI=1S/C14H25N3O4/c1-3-17-5-4-10(7-17)6-15-14(20)16(2)12-9-21-8-11(12)13(18)19/h10-12H,3-9H2,1-2H3,(H,15,20)(H,18,19). The molecule has 0 aromatic rings. The van der Waals surface area contributed by atoms with E-state index in [1.54, 1.807) is 7.05 Å². The minimum Gasteiger partial charge on any atom is -0.481 e. The van der Waals surface area contributed by atoms with Crippen LogP contribution in [0.4, 0.5) is 4.79 Å². The molecule has 2 N–H and O–H groups in total. The number of likely N-dealkylation sites (N-methyl/N-ethyl adjacent to an activating group) is 1. The third-order valence-electron chi connectivity index (χ3n) is 4.54. The Bertz CT molecular complexity index is 390. The number of carboxylic acids is 1. The van der Waals surface area contributed by atoms with Gasteiger partial charge in [0.15, 0.2) is 0 Å². The monoisotopic (exact) mass is 299 g/mol. The van der Waals surface area contributed by atoms with Gasteiger partial charge < -0.3 is 25.0 Å². The lowest BCUT2D eigenvalue weighted by Gasteiger charge is -2.27. The summed E-state index contributed by atoms with van der Waals surface area (Å²) in [5.41, 5.74) is 0. The third kappa shape index (κ3) is 3.85. The number of hydrogen-bond donors (Lipinski definition) is 2. The number of carboxylic acid groups (broad SMARTS) is 1. The molecule has 0 radical (unpaired) electrons. The molecule has 0 aromatic heterocycles. The molecule has 2 amide bonds. The first-order valence-electron chi connectivity index (χ1n) is 7.56. The van der Waals surface area contributed by atoms with E-state index < -0.39 is 17.9 Å². The fourth-order valence-corrected chi connectivity index (χ4v) is 3.03. The number of likely N-dealkylation sites (tertiary alicyclic amines) is 1. The number of rotatable bonds is 5. The molecule has 0 bridgehead atoms. The van der Waals surface area contributed by atoms with E-state index in [0.29, 0.717) is 12.5 Å². The van der Waals surface area contributed by atoms with Crippen molar-refractivity contribution in [3.05, 3.63) is 0 Å². The molecule has 2 aliphatic heterocycles. The van der Waals surface area contributed by atoms with Crippen LogP contribution in [0.2, 0.25) is 0 Å². The molecule has 2 saturated heterocycles. The molecule has 2 rings (SSSR count). The lowest BCUT2D eigenvalue weighted by molar-refractivity contribution is -0.142. The van der Waals surface area contributed by atoms with Crippen molar-refractivity contribution in [3.63, 3.8) is 0 Å². The van der Waals surface area contributed by atoms with Crippen molar-refractivity contribution < 1.29 is 19.4 Å². The maximum absolute atomic E-state index is 12.2. The highest BCUT2D eigenvalue weighted by molar-refractivity contribution is 5.77. The summed E-state index contributed by atoms with van der Waals surface area (Å²) in [4.78, 5) is 27.1. The topological polar surface area (TPSA) is 82.1 Å².